The second-order valence-corrected chi connectivity index (χ2v) is 1.93. The molecule has 49 valence electrons. The summed E-state index contributed by atoms with van der Waals surface area (Å²) in [6.45, 7) is 5.16. The van der Waals surface area contributed by atoms with Gasteiger partial charge in [-0.3, -0.25) is 4.68 Å². The first kappa shape index (κ1) is 6.33. The molecule has 0 aliphatic rings. The first-order valence-corrected chi connectivity index (χ1v) is 3.31. The van der Waals surface area contributed by atoms with Crippen LogP contribution in [0.2, 0.25) is 0 Å². The van der Waals surface area contributed by atoms with Crippen molar-refractivity contribution in [3.05, 3.63) is 18.0 Å². The average Bonchev–Trinajstić information content (AvgIpc) is 2.33. The summed E-state index contributed by atoms with van der Waals surface area (Å²) < 4.78 is 1.96. The summed E-state index contributed by atoms with van der Waals surface area (Å²) in [4.78, 5) is 0. The van der Waals surface area contributed by atoms with E-state index in [1.165, 1.54) is 5.69 Å². The average molecular weight is 123 g/mol. The molecule has 0 spiro atoms. The van der Waals surface area contributed by atoms with Gasteiger partial charge in [-0.2, -0.15) is 5.10 Å². The van der Waals surface area contributed by atoms with Gasteiger partial charge in [0.15, 0.2) is 0 Å². The maximum absolute atomic E-state index is 4.00. The van der Waals surface area contributed by atoms with Crippen molar-refractivity contribution in [2.75, 3.05) is 0 Å². The molecule has 2 heteroatoms. The Bertz CT molecular complexity index is 160. The minimum Gasteiger partial charge on any atom is -0.269 e. The monoisotopic (exact) mass is 123 g/mol. The Labute approximate surface area is 55.5 Å². The number of aryl methyl sites for hydroxylation is 2. The standard InChI is InChI=1S/C7H11N2/c1-3-7-5-6-8-9(7)4-2/h5H,3-4H2,1-2H3. The van der Waals surface area contributed by atoms with Crippen LogP contribution in [0.1, 0.15) is 19.5 Å². The Balaban J connectivity index is 2.85. The van der Waals surface area contributed by atoms with Crippen LogP contribution in [0.15, 0.2) is 6.07 Å². The molecule has 0 bridgehead atoms. The van der Waals surface area contributed by atoms with Gasteiger partial charge in [0.05, 0.1) is 0 Å². The quantitative estimate of drug-likeness (QED) is 0.579. The molecule has 9 heavy (non-hydrogen) atoms. The van der Waals surface area contributed by atoms with Gasteiger partial charge in [-0.05, 0) is 19.4 Å². The molecule has 0 atom stereocenters. The first-order valence-electron chi connectivity index (χ1n) is 3.31. The molecule has 1 radical (unpaired) electrons. The van der Waals surface area contributed by atoms with E-state index >= 15 is 0 Å². The summed E-state index contributed by atoms with van der Waals surface area (Å²) in [5.41, 5.74) is 1.26. The SMILES string of the molecule is CCc1c[c]nn1CC. The molecule has 0 saturated carbocycles. The second-order valence-electron chi connectivity index (χ2n) is 1.93. The predicted octanol–water partition coefficient (Wildman–Crippen LogP) is 1.27. The second kappa shape index (κ2) is 2.67. The summed E-state index contributed by atoms with van der Waals surface area (Å²) in [6, 6.07) is 1.93. The highest BCUT2D eigenvalue weighted by Gasteiger charge is 1.94. The number of nitrogens with zero attached hydrogens (tertiary/aromatic N) is 2. The Hall–Kier alpha value is -0.790. The van der Waals surface area contributed by atoms with E-state index in [0.717, 1.165) is 13.0 Å². The number of hydrogen-bond acceptors (Lipinski definition) is 1. The lowest BCUT2D eigenvalue weighted by molar-refractivity contribution is 0.625. The van der Waals surface area contributed by atoms with Crippen LogP contribution >= 0.6 is 0 Å². The van der Waals surface area contributed by atoms with Crippen molar-refractivity contribution >= 4 is 0 Å². The third kappa shape index (κ3) is 1.12. The van der Waals surface area contributed by atoms with Crippen molar-refractivity contribution in [3.8, 4) is 0 Å². The van der Waals surface area contributed by atoms with E-state index in [4.69, 9.17) is 0 Å². The molecule has 0 amide bonds. The molecule has 0 N–H and O–H groups in total. The van der Waals surface area contributed by atoms with Crippen LogP contribution < -0.4 is 0 Å². The van der Waals surface area contributed by atoms with Crippen molar-refractivity contribution in [3.63, 3.8) is 0 Å². The van der Waals surface area contributed by atoms with E-state index in [9.17, 15) is 0 Å². The normalized spacial score (nSPS) is 10.0. The van der Waals surface area contributed by atoms with Gasteiger partial charge in [0.2, 0.25) is 0 Å². The minimum absolute atomic E-state index is 0.951. The first-order chi connectivity index (χ1) is 4.38. The summed E-state index contributed by atoms with van der Waals surface area (Å²) in [6.07, 6.45) is 3.86. The van der Waals surface area contributed by atoms with E-state index in [1.54, 1.807) is 0 Å². The molecule has 1 rings (SSSR count). The lowest BCUT2D eigenvalue weighted by atomic mass is 10.3. The van der Waals surface area contributed by atoms with Gasteiger partial charge < -0.3 is 0 Å². The lowest BCUT2D eigenvalue weighted by Crippen LogP contribution is -2.00. The van der Waals surface area contributed by atoms with Gasteiger partial charge in [0.1, 0.15) is 6.20 Å². The molecule has 1 aromatic rings. The van der Waals surface area contributed by atoms with Crippen molar-refractivity contribution in [2.45, 2.75) is 26.8 Å². The maximum atomic E-state index is 4.00. The predicted molar refractivity (Wildman–Crippen MR) is 36.1 cm³/mol. The molecule has 0 unspecified atom stereocenters. The number of hydrogen-bond donors (Lipinski definition) is 0. The zero-order valence-corrected chi connectivity index (χ0v) is 5.89. The van der Waals surface area contributed by atoms with Crippen LogP contribution in [0.25, 0.3) is 0 Å². The van der Waals surface area contributed by atoms with E-state index in [-0.39, 0.29) is 0 Å². The molecule has 0 aliphatic heterocycles. The van der Waals surface area contributed by atoms with Gasteiger partial charge >= 0.3 is 0 Å². The van der Waals surface area contributed by atoms with Crippen molar-refractivity contribution in [2.24, 2.45) is 0 Å². The van der Waals surface area contributed by atoms with Crippen LogP contribution in [0.5, 0.6) is 0 Å². The Morgan fingerprint density at radius 2 is 2.44 bits per heavy atom. The van der Waals surface area contributed by atoms with E-state index in [1.807, 2.05) is 10.7 Å². The molecular formula is C7H11N2. The van der Waals surface area contributed by atoms with Crippen molar-refractivity contribution in [1.29, 1.82) is 0 Å². The highest BCUT2D eigenvalue weighted by molar-refractivity contribution is 4.98. The molecular weight excluding hydrogens is 112 g/mol. The van der Waals surface area contributed by atoms with Crippen molar-refractivity contribution in [1.82, 2.24) is 9.78 Å². The van der Waals surface area contributed by atoms with E-state index < -0.39 is 0 Å². The lowest BCUT2D eigenvalue weighted by Gasteiger charge is -1.98. The maximum Gasteiger partial charge on any atom is 0.113 e. The van der Waals surface area contributed by atoms with E-state index in [0.29, 0.717) is 0 Å². The smallest absolute Gasteiger partial charge is 0.113 e. The largest absolute Gasteiger partial charge is 0.269 e. The van der Waals surface area contributed by atoms with Gasteiger partial charge in [-0.15, -0.1) is 0 Å². The molecule has 0 saturated heterocycles. The third-order valence-electron chi connectivity index (χ3n) is 1.40. The van der Waals surface area contributed by atoms with Crippen LogP contribution in [-0.2, 0) is 13.0 Å². The zero-order valence-electron chi connectivity index (χ0n) is 5.89. The van der Waals surface area contributed by atoms with Gasteiger partial charge in [-0.25, -0.2) is 0 Å². The molecule has 0 fully saturated rings. The molecule has 1 heterocycles. The van der Waals surface area contributed by atoms with Gasteiger partial charge in [0, 0.05) is 12.2 Å². The Kier molecular flexibility index (Phi) is 1.88. The van der Waals surface area contributed by atoms with Crippen LogP contribution in [0.3, 0.4) is 0 Å². The van der Waals surface area contributed by atoms with Gasteiger partial charge in [-0.1, -0.05) is 6.92 Å². The Morgan fingerprint density at radius 1 is 1.67 bits per heavy atom. The highest BCUT2D eigenvalue weighted by atomic mass is 15.3. The van der Waals surface area contributed by atoms with Crippen LogP contribution in [0.4, 0.5) is 0 Å². The molecule has 0 aromatic carbocycles. The molecule has 1 aromatic heterocycles. The fourth-order valence-electron chi connectivity index (χ4n) is 0.870. The molecule has 2 nitrogen and oxygen atoms in total. The molecule has 0 aliphatic carbocycles. The zero-order chi connectivity index (χ0) is 6.69. The van der Waals surface area contributed by atoms with Crippen molar-refractivity contribution < 1.29 is 0 Å². The number of aromatic nitrogens is 2. The summed E-state index contributed by atoms with van der Waals surface area (Å²) in [7, 11) is 0. The third-order valence-corrected chi connectivity index (χ3v) is 1.40. The van der Waals surface area contributed by atoms with Crippen LogP contribution in [-0.4, -0.2) is 9.78 Å². The fourth-order valence-corrected chi connectivity index (χ4v) is 0.870. The van der Waals surface area contributed by atoms with Gasteiger partial charge in [0.25, 0.3) is 0 Å². The summed E-state index contributed by atoms with van der Waals surface area (Å²) >= 11 is 0. The topological polar surface area (TPSA) is 17.8 Å². The van der Waals surface area contributed by atoms with Crippen LogP contribution in [0, 0.1) is 6.20 Å². The highest BCUT2D eigenvalue weighted by Crippen LogP contribution is 1.97. The minimum atomic E-state index is 0.951. The fraction of sp³-hybridized carbons (Fsp3) is 0.571. The summed E-state index contributed by atoms with van der Waals surface area (Å²) in [5, 5.41) is 4.00. The Morgan fingerprint density at radius 3 is 2.89 bits per heavy atom. The van der Waals surface area contributed by atoms with E-state index in [2.05, 4.69) is 25.1 Å². The number of rotatable bonds is 2. The summed E-state index contributed by atoms with van der Waals surface area (Å²) in [5.74, 6) is 0.